The van der Waals surface area contributed by atoms with Gasteiger partial charge in [0.1, 0.15) is 12.1 Å². The van der Waals surface area contributed by atoms with Crippen LogP contribution in [0.4, 0.5) is 5.69 Å². The van der Waals surface area contributed by atoms with Crippen molar-refractivity contribution in [3.05, 3.63) is 29.3 Å². The van der Waals surface area contributed by atoms with Crippen molar-refractivity contribution in [3.8, 4) is 0 Å². The van der Waals surface area contributed by atoms with Crippen LogP contribution < -0.4 is 10.6 Å². The van der Waals surface area contributed by atoms with Crippen LogP contribution in [0.15, 0.2) is 18.2 Å². The first kappa shape index (κ1) is 15.5. The standard InChI is InChI=1S/C16H22N2O3/c1-9(2)7-13(16(20)21-4)17-14-11-8-10(3)5-6-12(11)18-15(14)19/h5-6,8-9,13-14,17H,7H2,1-4H3,(H,18,19). The second-order valence-electron chi connectivity index (χ2n) is 5.88. The zero-order valence-corrected chi connectivity index (χ0v) is 12.9. The number of hydrogen-bond donors (Lipinski definition) is 2. The first-order valence-corrected chi connectivity index (χ1v) is 7.17. The second-order valence-corrected chi connectivity index (χ2v) is 5.88. The largest absolute Gasteiger partial charge is 0.468 e. The average molecular weight is 290 g/mol. The van der Waals surface area contributed by atoms with Crippen LogP contribution in [-0.4, -0.2) is 25.0 Å². The van der Waals surface area contributed by atoms with Gasteiger partial charge in [0.25, 0.3) is 0 Å². The van der Waals surface area contributed by atoms with Gasteiger partial charge in [-0.3, -0.25) is 14.9 Å². The molecular formula is C16H22N2O3. The summed E-state index contributed by atoms with van der Waals surface area (Å²) in [6.07, 6.45) is 0.623. The first-order valence-electron chi connectivity index (χ1n) is 7.17. The summed E-state index contributed by atoms with van der Waals surface area (Å²) in [6, 6.07) is 4.81. The van der Waals surface area contributed by atoms with Crippen molar-refractivity contribution in [2.24, 2.45) is 5.92 Å². The number of hydrogen-bond acceptors (Lipinski definition) is 4. The van der Waals surface area contributed by atoms with Crippen LogP contribution in [0, 0.1) is 12.8 Å². The highest BCUT2D eigenvalue weighted by molar-refractivity contribution is 6.02. The highest BCUT2D eigenvalue weighted by Crippen LogP contribution is 2.32. The third-order valence-corrected chi connectivity index (χ3v) is 3.60. The van der Waals surface area contributed by atoms with E-state index in [0.29, 0.717) is 12.3 Å². The molecule has 5 nitrogen and oxygen atoms in total. The van der Waals surface area contributed by atoms with Gasteiger partial charge in [0.2, 0.25) is 5.91 Å². The maximum Gasteiger partial charge on any atom is 0.322 e. The van der Waals surface area contributed by atoms with Crippen molar-refractivity contribution < 1.29 is 14.3 Å². The predicted molar refractivity (Wildman–Crippen MR) is 80.9 cm³/mol. The number of benzene rings is 1. The fourth-order valence-electron chi connectivity index (χ4n) is 2.59. The van der Waals surface area contributed by atoms with Crippen LogP contribution >= 0.6 is 0 Å². The summed E-state index contributed by atoms with van der Waals surface area (Å²) in [5.74, 6) is -0.145. The molecule has 2 rings (SSSR count). The van der Waals surface area contributed by atoms with E-state index in [2.05, 4.69) is 10.6 Å². The zero-order valence-electron chi connectivity index (χ0n) is 12.9. The fraction of sp³-hybridized carbons (Fsp3) is 0.500. The Hall–Kier alpha value is -1.88. The number of carbonyl (C=O) groups is 2. The quantitative estimate of drug-likeness (QED) is 0.816. The van der Waals surface area contributed by atoms with Crippen molar-refractivity contribution in [1.29, 1.82) is 0 Å². The molecule has 2 N–H and O–H groups in total. The van der Waals surface area contributed by atoms with Gasteiger partial charge in [0.15, 0.2) is 0 Å². The molecule has 0 radical (unpaired) electrons. The molecule has 5 heteroatoms. The lowest BCUT2D eigenvalue weighted by Gasteiger charge is -2.21. The minimum absolute atomic E-state index is 0.131. The monoisotopic (exact) mass is 290 g/mol. The molecule has 0 saturated heterocycles. The summed E-state index contributed by atoms with van der Waals surface area (Å²) < 4.78 is 4.84. The van der Waals surface area contributed by atoms with E-state index in [1.54, 1.807) is 0 Å². The van der Waals surface area contributed by atoms with Crippen molar-refractivity contribution in [1.82, 2.24) is 5.32 Å². The van der Waals surface area contributed by atoms with E-state index in [9.17, 15) is 9.59 Å². The number of anilines is 1. The summed E-state index contributed by atoms with van der Waals surface area (Å²) in [4.78, 5) is 24.1. The van der Waals surface area contributed by atoms with Crippen molar-refractivity contribution >= 4 is 17.6 Å². The maximum atomic E-state index is 12.1. The molecule has 2 unspecified atom stereocenters. The third-order valence-electron chi connectivity index (χ3n) is 3.60. The van der Waals surface area contributed by atoms with Crippen molar-refractivity contribution in [3.63, 3.8) is 0 Å². The number of nitrogens with one attached hydrogen (secondary N) is 2. The number of amides is 1. The van der Waals surface area contributed by atoms with Crippen LogP contribution in [0.5, 0.6) is 0 Å². The van der Waals surface area contributed by atoms with Crippen molar-refractivity contribution in [2.75, 3.05) is 12.4 Å². The summed E-state index contributed by atoms with van der Waals surface area (Å²) in [6.45, 7) is 6.04. The maximum absolute atomic E-state index is 12.1. The van der Waals surface area contributed by atoms with E-state index in [-0.39, 0.29) is 11.9 Å². The molecule has 1 aromatic carbocycles. The second kappa shape index (κ2) is 6.26. The Balaban J connectivity index is 2.23. The number of ether oxygens (including phenoxy) is 1. The molecule has 1 amide bonds. The highest BCUT2D eigenvalue weighted by Gasteiger charge is 2.34. The molecule has 0 aliphatic carbocycles. The van der Waals surface area contributed by atoms with Crippen LogP contribution in [0.25, 0.3) is 0 Å². The fourth-order valence-corrected chi connectivity index (χ4v) is 2.59. The first-order chi connectivity index (χ1) is 9.92. The Bertz CT molecular complexity index is 554. The predicted octanol–water partition coefficient (Wildman–Crippen LogP) is 2.17. The molecule has 21 heavy (non-hydrogen) atoms. The summed E-state index contributed by atoms with van der Waals surface area (Å²) in [5.41, 5.74) is 2.77. The Morgan fingerprint density at radius 1 is 1.43 bits per heavy atom. The van der Waals surface area contributed by atoms with E-state index in [1.807, 2.05) is 39.0 Å². The Kier molecular flexibility index (Phi) is 4.63. The van der Waals surface area contributed by atoms with E-state index in [4.69, 9.17) is 4.74 Å². The molecule has 0 aromatic heterocycles. The van der Waals surface area contributed by atoms with Crippen LogP contribution in [0.1, 0.15) is 37.4 Å². The molecule has 1 heterocycles. The Labute approximate surface area is 125 Å². The average Bonchev–Trinajstić information content (AvgIpc) is 2.72. The number of aryl methyl sites for hydroxylation is 1. The topological polar surface area (TPSA) is 67.4 Å². The van der Waals surface area contributed by atoms with Crippen LogP contribution in [-0.2, 0) is 14.3 Å². The number of rotatable bonds is 5. The third kappa shape index (κ3) is 3.42. The normalized spacial score (nSPS) is 18.3. The smallest absolute Gasteiger partial charge is 0.322 e. The summed E-state index contributed by atoms with van der Waals surface area (Å²) >= 11 is 0. The highest BCUT2D eigenvalue weighted by atomic mass is 16.5. The molecule has 1 aromatic rings. The minimum Gasteiger partial charge on any atom is -0.468 e. The van der Waals surface area contributed by atoms with E-state index < -0.39 is 12.1 Å². The van der Waals surface area contributed by atoms with Gasteiger partial charge in [-0.2, -0.15) is 0 Å². The lowest BCUT2D eigenvalue weighted by molar-refractivity contribution is -0.144. The van der Waals surface area contributed by atoms with Gasteiger partial charge >= 0.3 is 5.97 Å². The SMILES string of the molecule is COC(=O)C(CC(C)C)NC1C(=O)Nc2ccc(C)cc21. The Morgan fingerprint density at radius 2 is 2.14 bits per heavy atom. The molecule has 0 saturated carbocycles. The lowest BCUT2D eigenvalue weighted by Crippen LogP contribution is -2.43. The number of methoxy groups -OCH3 is 1. The van der Waals surface area contributed by atoms with Gasteiger partial charge in [-0.15, -0.1) is 0 Å². The van der Waals surface area contributed by atoms with Gasteiger partial charge in [-0.25, -0.2) is 0 Å². The molecule has 0 fully saturated rings. The molecular weight excluding hydrogens is 268 g/mol. The van der Waals surface area contributed by atoms with Gasteiger partial charge in [-0.05, 0) is 25.3 Å². The molecule has 2 atom stereocenters. The van der Waals surface area contributed by atoms with Gasteiger partial charge in [0, 0.05) is 11.3 Å². The van der Waals surface area contributed by atoms with Gasteiger partial charge in [-0.1, -0.05) is 31.5 Å². The molecule has 1 aliphatic heterocycles. The molecule has 1 aliphatic rings. The molecule has 0 bridgehead atoms. The minimum atomic E-state index is -0.511. The molecule has 114 valence electrons. The lowest BCUT2D eigenvalue weighted by atomic mass is 10.0. The van der Waals surface area contributed by atoms with E-state index in [0.717, 1.165) is 16.8 Å². The Morgan fingerprint density at radius 3 is 2.76 bits per heavy atom. The van der Waals surface area contributed by atoms with Gasteiger partial charge in [0.05, 0.1) is 7.11 Å². The number of carbonyl (C=O) groups excluding carboxylic acids is 2. The number of fused-ring (bicyclic) bond motifs is 1. The summed E-state index contributed by atoms with van der Waals surface area (Å²) in [5, 5.41) is 5.98. The van der Waals surface area contributed by atoms with Crippen LogP contribution in [0.3, 0.4) is 0 Å². The summed E-state index contributed by atoms with van der Waals surface area (Å²) in [7, 11) is 1.37. The van der Waals surface area contributed by atoms with E-state index >= 15 is 0 Å². The zero-order chi connectivity index (χ0) is 15.6. The molecule has 0 spiro atoms. The van der Waals surface area contributed by atoms with Gasteiger partial charge < -0.3 is 10.1 Å². The number of esters is 1. The van der Waals surface area contributed by atoms with Crippen LogP contribution in [0.2, 0.25) is 0 Å². The van der Waals surface area contributed by atoms with Crippen molar-refractivity contribution in [2.45, 2.75) is 39.3 Å². The van der Waals surface area contributed by atoms with E-state index in [1.165, 1.54) is 7.11 Å².